The van der Waals surface area contributed by atoms with Crippen LogP contribution in [0.25, 0.3) is 11.3 Å². The van der Waals surface area contributed by atoms with Crippen LogP contribution in [-0.2, 0) is 0 Å². The minimum absolute atomic E-state index is 0.354. The van der Waals surface area contributed by atoms with E-state index in [2.05, 4.69) is 9.97 Å². The molecule has 0 aliphatic heterocycles. The third-order valence-corrected chi connectivity index (χ3v) is 3.54. The van der Waals surface area contributed by atoms with Gasteiger partial charge in [0.25, 0.3) is 0 Å². The van der Waals surface area contributed by atoms with Gasteiger partial charge in [-0.3, -0.25) is 0 Å². The lowest BCUT2D eigenvalue weighted by Crippen LogP contribution is -2.05. The summed E-state index contributed by atoms with van der Waals surface area (Å²) in [6.07, 6.45) is 0.783. The highest BCUT2D eigenvalue weighted by atomic mass is 16.5. The molecule has 2 aromatic heterocycles. The molecule has 0 saturated carbocycles. The fourth-order valence-corrected chi connectivity index (χ4v) is 2.22. The van der Waals surface area contributed by atoms with Gasteiger partial charge in [0.05, 0.1) is 18.0 Å². The van der Waals surface area contributed by atoms with Crippen LogP contribution in [-0.4, -0.2) is 26.8 Å². The molecule has 0 fully saturated rings. The molecule has 0 spiro atoms. The Balaban J connectivity index is 1.78. The molecule has 2 heterocycles. The van der Waals surface area contributed by atoms with Crippen LogP contribution in [0.3, 0.4) is 0 Å². The van der Waals surface area contributed by atoms with Crippen molar-refractivity contribution in [1.82, 2.24) is 9.97 Å². The molecule has 0 saturated heterocycles. The Morgan fingerprint density at radius 1 is 1.04 bits per heavy atom. The number of rotatable bonds is 5. The van der Waals surface area contributed by atoms with Gasteiger partial charge in [-0.2, -0.15) is 0 Å². The fourth-order valence-electron chi connectivity index (χ4n) is 2.22. The predicted molar refractivity (Wildman–Crippen MR) is 90.8 cm³/mol. The number of ether oxygens (including phenoxy) is 1. The lowest BCUT2D eigenvalue weighted by atomic mass is 10.1. The molecule has 3 aromatic rings. The summed E-state index contributed by atoms with van der Waals surface area (Å²) in [7, 11) is 0. The third kappa shape index (κ3) is 3.76. The molecule has 0 bridgehead atoms. The summed E-state index contributed by atoms with van der Waals surface area (Å²) in [5.74, 6) is 1.22. The highest BCUT2D eigenvalue weighted by molar-refractivity contribution is 5.60. The quantitative estimate of drug-likeness (QED) is 0.754. The van der Waals surface area contributed by atoms with E-state index in [9.17, 15) is 5.11 Å². The average Bonchev–Trinajstić information content (AvgIpc) is 2.64. The van der Waals surface area contributed by atoms with Crippen LogP contribution in [0.4, 0.5) is 0 Å². The number of hydrogen-bond acceptors (Lipinski definition) is 5. The lowest BCUT2D eigenvalue weighted by molar-refractivity contribution is 0.0923. The van der Waals surface area contributed by atoms with E-state index in [1.54, 1.807) is 18.3 Å². The molecule has 5 nitrogen and oxygen atoms in total. The second-order valence-corrected chi connectivity index (χ2v) is 5.45. The average molecular weight is 322 g/mol. The maximum Gasteiger partial charge on any atom is 0.219 e. The summed E-state index contributed by atoms with van der Waals surface area (Å²) in [5, 5.41) is 18.7. The standard InChI is InChI=1S/C19H18N2O3/c1-13-5-10-19(20-11-13)24-15-8-6-14(7-9-15)16-3-2-4-17(21-16)18(23)12-22/h2-11,18,22-23H,12H2,1H3/t18-/m0/s1. The number of hydrogen-bond donors (Lipinski definition) is 2. The van der Waals surface area contributed by atoms with Gasteiger partial charge in [-0.25, -0.2) is 9.97 Å². The summed E-state index contributed by atoms with van der Waals surface area (Å²) >= 11 is 0. The highest BCUT2D eigenvalue weighted by Crippen LogP contribution is 2.25. The van der Waals surface area contributed by atoms with Crippen LogP contribution in [0.1, 0.15) is 17.4 Å². The van der Waals surface area contributed by atoms with Gasteiger partial charge in [-0.15, -0.1) is 0 Å². The SMILES string of the molecule is Cc1ccc(Oc2ccc(-c3cccc([C@@H](O)CO)n3)cc2)nc1. The lowest BCUT2D eigenvalue weighted by Gasteiger charge is -2.09. The topological polar surface area (TPSA) is 75.5 Å². The summed E-state index contributed by atoms with van der Waals surface area (Å²) in [4.78, 5) is 8.58. The van der Waals surface area contributed by atoms with Crippen molar-refractivity contribution < 1.29 is 14.9 Å². The Labute approximate surface area is 140 Å². The molecule has 0 unspecified atom stereocenters. The van der Waals surface area contributed by atoms with Crippen molar-refractivity contribution in [2.75, 3.05) is 6.61 Å². The first-order valence-corrected chi connectivity index (χ1v) is 7.62. The second kappa shape index (κ2) is 7.21. The summed E-state index contributed by atoms with van der Waals surface area (Å²) in [5.41, 5.74) is 3.14. The maximum absolute atomic E-state index is 9.69. The normalized spacial score (nSPS) is 12.0. The van der Waals surface area contributed by atoms with Gasteiger partial charge in [0.1, 0.15) is 11.9 Å². The Hall–Kier alpha value is -2.76. The maximum atomic E-state index is 9.69. The first kappa shape index (κ1) is 16.1. The Morgan fingerprint density at radius 3 is 2.50 bits per heavy atom. The number of aromatic nitrogens is 2. The smallest absolute Gasteiger partial charge is 0.219 e. The van der Waals surface area contributed by atoms with Crippen molar-refractivity contribution >= 4 is 0 Å². The fraction of sp³-hybridized carbons (Fsp3) is 0.158. The largest absolute Gasteiger partial charge is 0.439 e. The summed E-state index contributed by atoms with van der Waals surface area (Å²) < 4.78 is 5.70. The van der Waals surface area contributed by atoms with Gasteiger partial charge >= 0.3 is 0 Å². The van der Waals surface area contributed by atoms with Gasteiger partial charge < -0.3 is 14.9 Å². The first-order valence-electron chi connectivity index (χ1n) is 7.62. The van der Waals surface area contributed by atoms with Crippen molar-refractivity contribution in [2.24, 2.45) is 0 Å². The molecule has 1 aromatic carbocycles. The second-order valence-electron chi connectivity index (χ2n) is 5.45. The van der Waals surface area contributed by atoms with Crippen LogP contribution in [0.5, 0.6) is 11.6 Å². The Bertz CT molecular complexity index is 802. The zero-order chi connectivity index (χ0) is 16.9. The van der Waals surface area contributed by atoms with Crippen molar-refractivity contribution in [2.45, 2.75) is 13.0 Å². The number of aliphatic hydroxyl groups is 2. The Morgan fingerprint density at radius 2 is 1.83 bits per heavy atom. The van der Waals surface area contributed by atoms with Crippen LogP contribution >= 0.6 is 0 Å². The number of pyridine rings is 2. The first-order chi connectivity index (χ1) is 11.7. The molecule has 2 N–H and O–H groups in total. The predicted octanol–water partition coefficient (Wildman–Crippen LogP) is 3.27. The zero-order valence-electron chi connectivity index (χ0n) is 13.3. The van der Waals surface area contributed by atoms with E-state index >= 15 is 0 Å². The molecule has 1 atom stereocenters. The van der Waals surface area contributed by atoms with E-state index in [1.807, 2.05) is 49.4 Å². The minimum Gasteiger partial charge on any atom is -0.439 e. The zero-order valence-corrected chi connectivity index (χ0v) is 13.3. The highest BCUT2D eigenvalue weighted by Gasteiger charge is 2.09. The van der Waals surface area contributed by atoms with E-state index < -0.39 is 6.10 Å². The van der Waals surface area contributed by atoms with Crippen LogP contribution < -0.4 is 4.74 Å². The van der Waals surface area contributed by atoms with Crippen LogP contribution in [0.2, 0.25) is 0 Å². The van der Waals surface area contributed by atoms with Gasteiger partial charge in [0.15, 0.2) is 0 Å². The number of aliphatic hydroxyl groups excluding tert-OH is 2. The molecular weight excluding hydrogens is 304 g/mol. The monoisotopic (exact) mass is 322 g/mol. The summed E-state index contributed by atoms with van der Waals surface area (Å²) in [6, 6.07) is 16.6. The van der Waals surface area contributed by atoms with E-state index in [0.29, 0.717) is 17.3 Å². The van der Waals surface area contributed by atoms with Crippen LogP contribution in [0, 0.1) is 6.92 Å². The molecule has 0 aliphatic rings. The molecule has 3 rings (SSSR count). The van der Waals surface area contributed by atoms with Crippen molar-refractivity contribution in [3.05, 3.63) is 72.1 Å². The van der Waals surface area contributed by atoms with E-state index in [0.717, 1.165) is 16.8 Å². The van der Waals surface area contributed by atoms with Gasteiger partial charge in [0.2, 0.25) is 5.88 Å². The van der Waals surface area contributed by atoms with Crippen molar-refractivity contribution in [3.63, 3.8) is 0 Å². The molecule has 5 heteroatoms. The number of nitrogens with zero attached hydrogens (tertiary/aromatic N) is 2. The van der Waals surface area contributed by atoms with Crippen LogP contribution in [0.15, 0.2) is 60.8 Å². The van der Waals surface area contributed by atoms with E-state index in [1.165, 1.54) is 0 Å². The van der Waals surface area contributed by atoms with Gasteiger partial charge in [0, 0.05) is 17.8 Å². The Kier molecular flexibility index (Phi) is 4.84. The van der Waals surface area contributed by atoms with Gasteiger partial charge in [-0.05, 0) is 48.9 Å². The molecule has 0 radical (unpaired) electrons. The number of aryl methyl sites for hydroxylation is 1. The van der Waals surface area contributed by atoms with E-state index in [-0.39, 0.29) is 6.61 Å². The molecule has 0 amide bonds. The molecule has 24 heavy (non-hydrogen) atoms. The third-order valence-electron chi connectivity index (χ3n) is 3.54. The molecular formula is C19H18N2O3. The van der Waals surface area contributed by atoms with Gasteiger partial charge in [-0.1, -0.05) is 12.1 Å². The van der Waals surface area contributed by atoms with Crippen molar-refractivity contribution in [1.29, 1.82) is 0 Å². The minimum atomic E-state index is -0.972. The molecule has 122 valence electrons. The van der Waals surface area contributed by atoms with Crippen molar-refractivity contribution in [3.8, 4) is 22.9 Å². The summed E-state index contributed by atoms with van der Waals surface area (Å²) in [6.45, 7) is 1.62. The van der Waals surface area contributed by atoms with E-state index in [4.69, 9.17) is 9.84 Å². The molecule has 0 aliphatic carbocycles. The number of benzene rings is 1.